The van der Waals surface area contributed by atoms with E-state index in [0.29, 0.717) is 47.8 Å². The molecular weight excluding hydrogens is 1530 g/mol. The maximum Gasteiger partial charge on any atom is 0.194 e. The molecule has 4 fully saturated rings. The minimum atomic E-state index is 0.372. The number of likely N-dealkylation sites (tertiary alicyclic amines) is 4. The fraction of sp³-hybridized carbons (Fsp3) is 0.609. The Morgan fingerprint density at radius 3 is 1.03 bits per heavy atom. The van der Waals surface area contributed by atoms with Crippen LogP contribution in [0.3, 0.4) is 0 Å². The summed E-state index contributed by atoms with van der Waals surface area (Å²) >= 11 is 0. The van der Waals surface area contributed by atoms with Gasteiger partial charge in [-0.25, -0.2) is 0 Å². The molecule has 0 amide bonds. The number of guanidine groups is 2. The minimum Gasteiger partial charge on any atom is -0.354 e. The van der Waals surface area contributed by atoms with Crippen LogP contribution in [0.5, 0.6) is 0 Å². The minimum absolute atomic E-state index is 0.372. The Bertz CT molecular complexity index is 4540. The Morgan fingerprint density at radius 2 is 0.730 bits per heavy atom. The van der Waals surface area contributed by atoms with Crippen LogP contribution in [0.25, 0.3) is 0 Å². The number of aliphatic imine (C=N–C) groups is 4. The van der Waals surface area contributed by atoms with E-state index in [1.807, 2.05) is 52.8 Å². The molecule has 4 unspecified atom stereocenters. The predicted octanol–water partition coefficient (Wildman–Crippen LogP) is 10.2. The van der Waals surface area contributed by atoms with E-state index in [1.165, 1.54) is 146 Å². The number of aromatic nitrogens is 16. The molecule has 0 aromatic carbocycles. The van der Waals surface area contributed by atoms with Gasteiger partial charge >= 0.3 is 0 Å². The average molecular weight is 1660 g/mol. The largest absolute Gasteiger partial charge is 0.354 e. The molecule has 648 valence electrons. The molecule has 12 aliphatic rings. The molecule has 0 spiro atoms. The van der Waals surface area contributed by atoms with Crippen LogP contribution < -0.4 is 10.6 Å². The molecule has 8 aromatic heterocycles. The molecule has 0 radical (unpaired) electrons. The molecule has 4 atom stereocenters. The molecule has 16 heterocycles. The number of allylic oxidation sites excluding steroid dienone is 1. The maximum atomic E-state index is 4.69. The molecule has 8 aliphatic heterocycles. The third kappa shape index (κ3) is 22.4. The second kappa shape index (κ2) is 41.6. The fourth-order valence-corrected chi connectivity index (χ4v) is 20.6. The molecule has 0 saturated carbocycles. The predicted molar refractivity (Wildman–Crippen MR) is 476 cm³/mol. The van der Waals surface area contributed by atoms with E-state index in [-0.39, 0.29) is 0 Å². The van der Waals surface area contributed by atoms with Crippen molar-refractivity contribution in [3.8, 4) is 0 Å². The van der Waals surface area contributed by atoms with Crippen molar-refractivity contribution in [3.63, 3.8) is 0 Å². The van der Waals surface area contributed by atoms with E-state index < -0.39 is 0 Å². The Kier molecular flexibility index (Phi) is 28.8. The summed E-state index contributed by atoms with van der Waals surface area (Å²) in [5.41, 5.74) is 17.5. The zero-order chi connectivity index (χ0) is 82.8. The van der Waals surface area contributed by atoms with Crippen molar-refractivity contribution in [2.75, 3.05) is 120 Å². The maximum absolute atomic E-state index is 4.69. The number of fused-ring (bicyclic) bond motifs is 4. The van der Waals surface area contributed by atoms with Crippen molar-refractivity contribution in [1.29, 1.82) is 0 Å². The lowest BCUT2D eigenvalue weighted by Crippen LogP contribution is -2.44. The normalized spacial score (nSPS) is 22.1. The van der Waals surface area contributed by atoms with Gasteiger partial charge in [-0.1, -0.05) is 51.2 Å². The number of hydrogen-bond acceptors (Lipinski definition) is 26. The Hall–Kier alpha value is -9.72. The smallest absolute Gasteiger partial charge is 0.194 e. The summed E-state index contributed by atoms with van der Waals surface area (Å²) in [6.45, 7) is 22.0. The molecular formula is C92H130N30. The molecule has 2 N–H and O–H groups in total. The van der Waals surface area contributed by atoms with Crippen molar-refractivity contribution in [3.05, 3.63) is 190 Å². The van der Waals surface area contributed by atoms with Gasteiger partial charge in [-0.2, -0.15) is 0 Å². The first kappa shape index (κ1) is 84.5. The van der Waals surface area contributed by atoms with Gasteiger partial charge in [-0.05, 0) is 259 Å². The number of pyridine rings is 4. The summed E-state index contributed by atoms with van der Waals surface area (Å²) in [5, 5.41) is 42.4. The Morgan fingerprint density at radius 1 is 0.393 bits per heavy atom. The second-order valence-electron chi connectivity index (χ2n) is 36.4. The lowest BCUT2D eigenvalue weighted by atomic mass is 9.91. The molecule has 4 aliphatic carbocycles. The summed E-state index contributed by atoms with van der Waals surface area (Å²) in [6.07, 6.45) is 50.2. The molecule has 4 saturated heterocycles. The van der Waals surface area contributed by atoms with Gasteiger partial charge in [-0.15, -0.1) is 20.4 Å². The van der Waals surface area contributed by atoms with E-state index in [2.05, 4.69) is 248 Å². The van der Waals surface area contributed by atoms with Crippen LogP contribution in [0.1, 0.15) is 208 Å². The highest BCUT2D eigenvalue weighted by molar-refractivity contribution is 5.89. The standard InChI is InChI=1S/2C24H33N7.2C22H32N8/c1-29(23-8-2-5-20-6-3-12-26-24(20)23)16-22-18-31(28-27-22)15-19-9-13-30(14-10-19)17-21-7-4-11-25-21;1-29(23-6-2-4-21-5-3-10-26-24(21)23)17-22-18-31(28-27-22)16-19-8-12-30(13-9-19)15-20-7-11-25-14-20;2*1-28(20-6-2-4-18-5-3-9-23-21(18)20)15-19-16-30(27-26-19)14-17-7-12-29(13-8-17)22-24-10-11-25-22/h3-4,6,11-12,18-19,23H,2,5,7-10,13-17H2,1H3;3,5,10-11,14,18-19,23H,2,4,6-9,12-13,15-17H2,1H3;2*3,5,9,16-17,20H,2,4,6-8,10-15H2,1H3,(H,24,25). The summed E-state index contributed by atoms with van der Waals surface area (Å²) in [5.74, 6) is 4.87. The summed E-state index contributed by atoms with van der Waals surface area (Å²) in [6, 6.07) is 18.6. The zero-order valence-electron chi connectivity index (χ0n) is 72.8. The van der Waals surface area contributed by atoms with Crippen LogP contribution in [0, 0.1) is 23.7 Å². The molecule has 30 nitrogen and oxygen atoms in total. The van der Waals surface area contributed by atoms with Crippen molar-refractivity contribution < 1.29 is 0 Å². The summed E-state index contributed by atoms with van der Waals surface area (Å²) in [4.78, 5) is 55.9. The SMILES string of the molecule is CN(Cc1cn(CC2CCN(C3=NCCN3)CC2)nn1)C1CCCc2cccnc21.CN(Cc1cn(CC2CCN(C3=NCCN3)CC2)nn1)C1CCCc2cccnc21.CN(Cc1cn(CC2CCN(CC3=CN=CC3)CC2)nn1)C1CCCc2cccnc21.CN(Cc1cn(CC2CCN(CC3=NC=CC3)CC2)nn1)C1CCCc2cccnc21. The number of nitrogens with zero attached hydrogens (tertiary/aromatic N) is 28. The van der Waals surface area contributed by atoms with E-state index >= 15 is 0 Å². The van der Waals surface area contributed by atoms with Gasteiger partial charge in [0, 0.05) is 191 Å². The average Bonchev–Trinajstić information content (AvgIpc) is 1.83. The van der Waals surface area contributed by atoms with E-state index in [0.717, 1.165) is 230 Å². The Balaban J connectivity index is 0.000000116. The molecule has 30 heteroatoms. The van der Waals surface area contributed by atoms with Gasteiger partial charge in [0.2, 0.25) is 0 Å². The van der Waals surface area contributed by atoms with E-state index in [1.54, 1.807) is 0 Å². The van der Waals surface area contributed by atoms with Crippen LogP contribution >= 0.6 is 0 Å². The van der Waals surface area contributed by atoms with Gasteiger partial charge in [0.1, 0.15) is 0 Å². The second-order valence-corrected chi connectivity index (χ2v) is 36.4. The van der Waals surface area contributed by atoms with Crippen molar-refractivity contribution in [2.24, 2.45) is 43.6 Å². The first-order valence-corrected chi connectivity index (χ1v) is 46.0. The van der Waals surface area contributed by atoms with Gasteiger partial charge in [0.15, 0.2) is 11.9 Å². The number of hydrogen-bond donors (Lipinski definition) is 2. The van der Waals surface area contributed by atoms with Crippen LogP contribution in [0.15, 0.2) is 142 Å². The number of rotatable bonds is 24. The molecule has 0 bridgehead atoms. The Labute approximate surface area is 721 Å². The zero-order valence-corrected chi connectivity index (χ0v) is 72.8. The topological polar surface area (TPSA) is 274 Å². The monoisotopic (exact) mass is 1660 g/mol. The van der Waals surface area contributed by atoms with Crippen LogP contribution in [0.2, 0.25) is 0 Å². The van der Waals surface area contributed by atoms with Gasteiger partial charge in [0.05, 0.1) is 82.8 Å². The van der Waals surface area contributed by atoms with Crippen molar-refractivity contribution >= 4 is 23.8 Å². The number of piperidine rings is 4. The van der Waals surface area contributed by atoms with Gasteiger partial charge in [-0.3, -0.25) is 88.0 Å². The van der Waals surface area contributed by atoms with Crippen LogP contribution in [-0.2, 0) is 78.0 Å². The van der Waals surface area contributed by atoms with E-state index in [4.69, 9.17) is 0 Å². The highest BCUT2D eigenvalue weighted by Gasteiger charge is 2.33. The van der Waals surface area contributed by atoms with Gasteiger partial charge < -0.3 is 20.4 Å². The van der Waals surface area contributed by atoms with Crippen molar-refractivity contribution in [1.82, 2.24) is 130 Å². The van der Waals surface area contributed by atoms with E-state index in [9.17, 15) is 0 Å². The number of aryl methyl sites for hydroxylation is 4. The highest BCUT2D eigenvalue weighted by atomic mass is 15.5. The third-order valence-electron chi connectivity index (χ3n) is 27.4. The molecule has 8 aromatic rings. The molecule has 20 rings (SSSR count). The number of nitrogens with one attached hydrogen (secondary N) is 2. The first-order chi connectivity index (χ1) is 60.0. The quantitative estimate of drug-likeness (QED) is 0.0569. The lowest BCUT2D eigenvalue weighted by molar-refractivity contribution is 0.181. The highest BCUT2D eigenvalue weighted by Crippen LogP contribution is 2.38. The summed E-state index contributed by atoms with van der Waals surface area (Å²) < 4.78 is 8.20. The third-order valence-corrected chi connectivity index (χ3v) is 27.4. The first-order valence-electron chi connectivity index (χ1n) is 46.0. The van der Waals surface area contributed by atoms with Crippen molar-refractivity contribution in [2.45, 2.75) is 218 Å². The molecule has 122 heavy (non-hydrogen) atoms. The summed E-state index contributed by atoms with van der Waals surface area (Å²) in [7, 11) is 8.74. The fourth-order valence-electron chi connectivity index (χ4n) is 20.6. The van der Waals surface area contributed by atoms with Crippen LogP contribution in [-0.4, -0.2) is 263 Å². The van der Waals surface area contributed by atoms with Gasteiger partial charge in [0.25, 0.3) is 0 Å². The van der Waals surface area contributed by atoms with Crippen LogP contribution in [0.4, 0.5) is 0 Å². The lowest BCUT2D eigenvalue weighted by Gasteiger charge is -2.33.